The lowest BCUT2D eigenvalue weighted by molar-refractivity contribution is -0.178. The quantitative estimate of drug-likeness (QED) is 0.801. The highest BCUT2D eigenvalue weighted by atomic mass is 16.7. The summed E-state index contributed by atoms with van der Waals surface area (Å²) in [5, 5.41) is 0. The minimum Gasteiger partial charge on any atom is -0.371 e. The minimum absolute atomic E-state index is 0.241. The van der Waals surface area contributed by atoms with Crippen LogP contribution in [0.1, 0.15) is 63.4 Å². The van der Waals surface area contributed by atoms with Crippen molar-refractivity contribution in [3.8, 4) is 0 Å². The first-order valence-corrected chi connectivity index (χ1v) is 9.91. The zero-order chi connectivity index (χ0) is 16.4. The molecule has 1 aliphatic carbocycles. The molecule has 0 N–H and O–H groups in total. The van der Waals surface area contributed by atoms with E-state index in [1.807, 2.05) is 0 Å². The van der Waals surface area contributed by atoms with Crippen molar-refractivity contribution in [3.63, 3.8) is 0 Å². The van der Waals surface area contributed by atoms with Gasteiger partial charge in [0, 0.05) is 31.6 Å². The van der Waals surface area contributed by atoms with Crippen LogP contribution in [0.4, 0.5) is 5.69 Å². The summed E-state index contributed by atoms with van der Waals surface area (Å²) in [6, 6.07) is 9.34. The van der Waals surface area contributed by atoms with Gasteiger partial charge >= 0.3 is 0 Å². The lowest BCUT2D eigenvalue weighted by Crippen LogP contribution is -2.35. The number of hydrogen-bond donors (Lipinski definition) is 0. The van der Waals surface area contributed by atoms with Gasteiger partial charge in [0.1, 0.15) is 0 Å². The first kappa shape index (κ1) is 16.4. The van der Waals surface area contributed by atoms with Gasteiger partial charge in [0.05, 0.1) is 13.2 Å². The predicted octanol–water partition coefficient (Wildman–Crippen LogP) is 4.71. The largest absolute Gasteiger partial charge is 0.371 e. The summed E-state index contributed by atoms with van der Waals surface area (Å²) in [6.45, 7) is 6.32. The van der Waals surface area contributed by atoms with Gasteiger partial charge in [-0.3, -0.25) is 0 Å². The Kier molecular flexibility index (Phi) is 4.82. The number of nitrogens with zero attached hydrogens (tertiary/aromatic N) is 1. The first-order chi connectivity index (χ1) is 11.8. The fraction of sp³-hybridized carbons (Fsp3) is 0.714. The molecular weight excluding hydrogens is 298 g/mol. The Bertz CT molecular complexity index is 543. The van der Waals surface area contributed by atoms with Crippen LogP contribution in [0.25, 0.3) is 0 Å². The molecule has 0 amide bonds. The van der Waals surface area contributed by atoms with Gasteiger partial charge in [0.25, 0.3) is 0 Å². The highest BCUT2D eigenvalue weighted by Crippen LogP contribution is 2.42. The molecule has 0 aromatic heterocycles. The Morgan fingerprint density at radius 3 is 2.67 bits per heavy atom. The lowest BCUT2D eigenvalue weighted by Gasteiger charge is -2.37. The van der Waals surface area contributed by atoms with E-state index >= 15 is 0 Å². The fourth-order valence-electron chi connectivity index (χ4n) is 4.78. The van der Waals surface area contributed by atoms with Crippen LogP contribution in [0, 0.1) is 5.92 Å². The molecule has 0 bridgehead atoms. The molecule has 3 heteroatoms. The van der Waals surface area contributed by atoms with E-state index < -0.39 is 0 Å². The molecule has 24 heavy (non-hydrogen) atoms. The number of ether oxygens (including phenoxy) is 2. The van der Waals surface area contributed by atoms with Gasteiger partial charge in [-0.25, -0.2) is 0 Å². The van der Waals surface area contributed by atoms with Crippen LogP contribution in [0.2, 0.25) is 0 Å². The Morgan fingerprint density at radius 1 is 1.12 bits per heavy atom. The van der Waals surface area contributed by atoms with Crippen LogP contribution < -0.4 is 4.90 Å². The summed E-state index contributed by atoms with van der Waals surface area (Å²) in [5.74, 6) is 1.29. The summed E-state index contributed by atoms with van der Waals surface area (Å²) in [6.07, 6.45) is 8.50. The maximum absolute atomic E-state index is 5.88. The van der Waals surface area contributed by atoms with Gasteiger partial charge < -0.3 is 14.4 Å². The second kappa shape index (κ2) is 7.05. The van der Waals surface area contributed by atoms with Crippen LogP contribution in [0.5, 0.6) is 0 Å². The predicted molar refractivity (Wildman–Crippen MR) is 97.5 cm³/mol. The molecule has 3 nitrogen and oxygen atoms in total. The van der Waals surface area contributed by atoms with Gasteiger partial charge in [-0.1, -0.05) is 25.5 Å². The van der Waals surface area contributed by atoms with Crippen molar-refractivity contribution in [2.75, 3.05) is 31.2 Å². The normalized spacial score (nSPS) is 27.7. The molecule has 1 spiro atoms. The first-order valence-electron chi connectivity index (χ1n) is 9.91. The molecule has 3 aliphatic rings. The van der Waals surface area contributed by atoms with Gasteiger partial charge in [-0.05, 0) is 55.2 Å². The molecule has 2 saturated heterocycles. The summed E-state index contributed by atoms with van der Waals surface area (Å²) in [7, 11) is 0. The number of hydrogen-bond acceptors (Lipinski definition) is 3. The van der Waals surface area contributed by atoms with Crippen LogP contribution in [0.15, 0.2) is 24.3 Å². The van der Waals surface area contributed by atoms with Gasteiger partial charge in [-0.2, -0.15) is 0 Å². The molecule has 132 valence electrons. The van der Waals surface area contributed by atoms with Crippen molar-refractivity contribution >= 4 is 5.69 Å². The monoisotopic (exact) mass is 329 g/mol. The van der Waals surface area contributed by atoms with E-state index in [0.717, 1.165) is 32.0 Å². The smallest absolute Gasteiger partial charge is 0.168 e. The molecule has 1 aromatic carbocycles. The topological polar surface area (TPSA) is 21.7 Å². The Morgan fingerprint density at radius 2 is 1.92 bits per heavy atom. The van der Waals surface area contributed by atoms with Crippen molar-refractivity contribution in [2.24, 2.45) is 5.92 Å². The van der Waals surface area contributed by atoms with Crippen molar-refractivity contribution in [3.05, 3.63) is 29.8 Å². The third kappa shape index (κ3) is 3.34. The zero-order valence-electron chi connectivity index (χ0n) is 15.0. The van der Waals surface area contributed by atoms with E-state index in [4.69, 9.17) is 9.47 Å². The van der Waals surface area contributed by atoms with Gasteiger partial charge in [0.2, 0.25) is 0 Å². The Hall–Kier alpha value is -1.06. The molecule has 1 atom stereocenters. The molecule has 2 heterocycles. The average molecular weight is 329 g/mol. The number of anilines is 1. The summed E-state index contributed by atoms with van der Waals surface area (Å²) >= 11 is 0. The highest BCUT2D eigenvalue weighted by Gasteiger charge is 2.40. The maximum atomic E-state index is 5.88. The SMILES string of the molecule is CCC1CCCN(c2cccc(C3CCC4(CC3)OCCO4)c2)C1. The third-order valence-corrected chi connectivity index (χ3v) is 6.36. The summed E-state index contributed by atoms with van der Waals surface area (Å²) in [5.41, 5.74) is 2.94. The number of benzene rings is 1. The fourth-order valence-corrected chi connectivity index (χ4v) is 4.78. The lowest BCUT2D eigenvalue weighted by atomic mass is 9.81. The van der Waals surface area contributed by atoms with Crippen LogP contribution >= 0.6 is 0 Å². The maximum Gasteiger partial charge on any atom is 0.168 e. The van der Waals surface area contributed by atoms with Crippen molar-refractivity contribution in [2.45, 2.75) is 63.6 Å². The van der Waals surface area contributed by atoms with Crippen molar-refractivity contribution in [1.29, 1.82) is 0 Å². The molecule has 1 unspecified atom stereocenters. The van der Waals surface area contributed by atoms with Crippen LogP contribution in [-0.4, -0.2) is 32.1 Å². The van der Waals surface area contributed by atoms with Crippen LogP contribution in [-0.2, 0) is 9.47 Å². The number of rotatable bonds is 3. The van der Waals surface area contributed by atoms with Crippen molar-refractivity contribution < 1.29 is 9.47 Å². The average Bonchev–Trinajstić information content (AvgIpc) is 3.10. The summed E-state index contributed by atoms with van der Waals surface area (Å²) in [4.78, 5) is 2.61. The van der Waals surface area contributed by atoms with Crippen LogP contribution in [0.3, 0.4) is 0 Å². The Labute approximate surface area is 146 Å². The molecule has 1 saturated carbocycles. The molecular formula is C21H31NO2. The molecule has 1 aromatic rings. The molecule has 3 fully saturated rings. The van der Waals surface area contributed by atoms with E-state index in [9.17, 15) is 0 Å². The Balaban J connectivity index is 1.43. The highest BCUT2D eigenvalue weighted by molar-refractivity contribution is 5.49. The minimum atomic E-state index is -0.241. The standard InChI is InChI=1S/C21H31NO2/c1-2-17-5-4-12-22(16-17)20-7-3-6-19(15-20)18-8-10-21(11-9-18)23-13-14-24-21/h3,6-7,15,17-18H,2,4-5,8-14,16H2,1H3. The second-order valence-corrected chi connectivity index (χ2v) is 7.84. The number of piperidine rings is 1. The second-order valence-electron chi connectivity index (χ2n) is 7.84. The molecule has 4 rings (SSSR count). The van der Waals surface area contributed by atoms with E-state index in [2.05, 4.69) is 36.1 Å². The molecule has 2 aliphatic heterocycles. The van der Waals surface area contributed by atoms with E-state index in [0.29, 0.717) is 5.92 Å². The third-order valence-electron chi connectivity index (χ3n) is 6.36. The summed E-state index contributed by atoms with van der Waals surface area (Å²) < 4.78 is 11.8. The van der Waals surface area contributed by atoms with Gasteiger partial charge in [0.15, 0.2) is 5.79 Å². The van der Waals surface area contributed by atoms with E-state index in [1.165, 1.54) is 56.4 Å². The van der Waals surface area contributed by atoms with Gasteiger partial charge in [-0.15, -0.1) is 0 Å². The van der Waals surface area contributed by atoms with E-state index in [1.54, 1.807) is 0 Å². The molecule has 0 radical (unpaired) electrons. The van der Waals surface area contributed by atoms with E-state index in [-0.39, 0.29) is 5.79 Å². The van der Waals surface area contributed by atoms with Crippen molar-refractivity contribution in [1.82, 2.24) is 0 Å². The zero-order valence-corrected chi connectivity index (χ0v) is 15.0.